The fraction of sp³-hybridized carbons (Fsp3) is 0. The molecule has 4 heteroatoms. The Hall–Kier alpha value is -6.13. The average molecular weight is 576 g/mol. The van der Waals surface area contributed by atoms with Crippen LogP contribution in [0.4, 0.5) is 0 Å². The molecular formula is C41H25N3O. The number of benzene rings is 7. The largest absolute Gasteiger partial charge is 0.455 e. The lowest BCUT2D eigenvalue weighted by atomic mass is 9.97. The highest BCUT2D eigenvalue weighted by molar-refractivity contribution is 6.13. The third-order valence-electron chi connectivity index (χ3n) is 8.52. The number of aromatic nitrogens is 3. The van der Waals surface area contributed by atoms with Crippen molar-refractivity contribution in [3.63, 3.8) is 0 Å². The van der Waals surface area contributed by atoms with E-state index < -0.39 is 0 Å². The summed E-state index contributed by atoms with van der Waals surface area (Å²) < 4.78 is 6.45. The second-order valence-corrected chi connectivity index (χ2v) is 11.2. The van der Waals surface area contributed by atoms with Gasteiger partial charge in [0.1, 0.15) is 11.2 Å². The van der Waals surface area contributed by atoms with Crippen molar-refractivity contribution in [3.05, 3.63) is 152 Å². The monoisotopic (exact) mass is 575 g/mol. The predicted molar refractivity (Wildman–Crippen MR) is 184 cm³/mol. The van der Waals surface area contributed by atoms with Crippen molar-refractivity contribution in [3.8, 4) is 45.3 Å². The highest BCUT2D eigenvalue weighted by atomic mass is 16.3. The molecule has 0 amide bonds. The molecular weight excluding hydrogens is 550 g/mol. The van der Waals surface area contributed by atoms with E-state index in [0.29, 0.717) is 17.5 Å². The zero-order valence-corrected chi connectivity index (χ0v) is 24.2. The summed E-state index contributed by atoms with van der Waals surface area (Å²) in [5.41, 5.74) is 6.72. The second kappa shape index (κ2) is 10.2. The van der Waals surface area contributed by atoms with Crippen molar-refractivity contribution >= 4 is 43.5 Å². The van der Waals surface area contributed by atoms with E-state index in [2.05, 4.69) is 103 Å². The maximum atomic E-state index is 6.45. The summed E-state index contributed by atoms with van der Waals surface area (Å²) in [5.74, 6) is 1.90. The maximum Gasteiger partial charge on any atom is 0.164 e. The van der Waals surface area contributed by atoms with E-state index in [1.165, 1.54) is 10.8 Å². The first-order chi connectivity index (χ1) is 22.3. The molecule has 45 heavy (non-hydrogen) atoms. The van der Waals surface area contributed by atoms with Gasteiger partial charge in [-0.05, 0) is 51.4 Å². The Balaban J connectivity index is 1.28. The van der Waals surface area contributed by atoms with E-state index in [-0.39, 0.29) is 0 Å². The van der Waals surface area contributed by atoms with Crippen LogP contribution in [-0.2, 0) is 0 Å². The second-order valence-electron chi connectivity index (χ2n) is 11.2. The van der Waals surface area contributed by atoms with Crippen molar-refractivity contribution < 1.29 is 4.42 Å². The fourth-order valence-electron chi connectivity index (χ4n) is 6.36. The molecule has 0 aliphatic carbocycles. The Morgan fingerprint density at radius 3 is 1.78 bits per heavy atom. The van der Waals surface area contributed by atoms with Crippen LogP contribution >= 0.6 is 0 Å². The highest BCUT2D eigenvalue weighted by Gasteiger charge is 2.18. The lowest BCUT2D eigenvalue weighted by Gasteiger charge is -2.12. The van der Waals surface area contributed by atoms with Crippen LogP contribution in [0.1, 0.15) is 0 Å². The quantitative estimate of drug-likeness (QED) is 0.196. The number of rotatable bonds is 4. The van der Waals surface area contributed by atoms with Crippen LogP contribution in [0.3, 0.4) is 0 Å². The molecule has 2 heterocycles. The molecule has 0 aliphatic heterocycles. The molecule has 210 valence electrons. The first kappa shape index (κ1) is 25.4. The molecule has 0 atom stereocenters. The summed E-state index contributed by atoms with van der Waals surface area (Å²) in [6.45, 7) is 0. The number of hydrogen-bond donors (Lipinski definition) is 0. The third kappa shape index (κ3) is 4.27. The maximum absolute atomic E-state index is 6.45. The zero-order valence-electron chi connectivity index (χ0n) is 24.2. The summed E-state index contributed by atoms with van der Waals surface area (Å²) in [7, 11) is 0. The van der Waals surface area contributed by atoms with Crippen molar-refractivity contribution in [1.29, 1.82) is 0 Å². The van der Waals surface area contributed by atoms with Gasteiger partial charge in [0.05, 0.1) is 0 Å². The molecule has 0 bridgehead atoms. The van der Waals surface area contributed by atoms with Gasteiger partial charge < -0.3 is 4.42 Å². The van der Waals surface area contributed by atoms with E-state index in [0.717, 1.165) is 60.5 Å². The first-order valence-electron chi connectivity index (χ1n) is 15.0. The third-order valence-corrected chi connectivity index (χ3v) is 8.52. The van der Waals surface area contributed by atoms with Gasteiger partial charge in [0, 0.05) is 33.0 Å². The van der Waals surface area contributed by atoms with Gasteiger partial charge in [-0.2, -0.15) is 0 Å². The minimum Gasteiger partial charge on any atom is -0.455 e. The minimum atomic E-state index is 0.617. The van der Waals surface area contributed by atoms with Crippen LogP contribution in [-0.4, -0.2) is 15.0 Å². The fourth-order valence-corrected chi connectivity index (χ4v) is 6.36. The summed E-state index contributed by atoms with van der Waals surface area (Å²) in [5, 5.41) is 6.73. The molecule has 0 aliphatic rings. The smallest absolute Gasteiger partial charge is 0.164 e. The Labute approximate surface area is 259 Å². The molecule has 4 nitrogen and oxygen atoms in total. The van der Waals surface area contributed by atoms with Gasteiger partial charge in [-0.1, -0.05) is 127 Å². The van der Waals surface area contributed by atoms with Crippen LogP contribution in [0.25, 0.3) is 88.8 Å². The Kier molecular flexibility index (Phi) is 5.78. The predicted octanol–water partition coefficient (Wildman–Crippen LogP) is 10.7. The molecule has 0 saturated heterocycles. The standard InChI is InChI=1S/C41H25N3O/c1-3-12-26(13-4-1)31-20-11-21-34-35-25-29(22-23-37(35)45-38(31)34)40-42-39(27-14-5-2-6-15-27)43-41(44-40)36-24-28-16-7-8-17-30(28)32-18-9-10-19-33(32)36/h1-25H. The zero-order chi connectivity index (χ0) is 29.7. The molecule has 0 radical (unpaired) electrons. The molecule has 9 rings (SSSR count). The van der Waals surface area contributed by atoms with Gasteiger partial charge in [-0.3, -0.25) is 0 Å². The van der Waals surface area contributed by atoms with E-state index >= 15 is 0 Å². The molecule has 0 spiro atoms. The van der Waals surface area contributed by atoms with Crippen LogP contribution in [0.15, 0.2) is 156 Å². The van der Waals surface area contributed by atoms with E-state index in [1.54, 1.807) is 0 Å². The molecule has 2 aromatic heterocycles. The molecule has 9 aromatic rings. The van der Waals surface area contributed by atoms with Crippen LogP contribution in [0.2, 0.25) is 0 Å². The molecule has 7 aromatic carbocycles. The van der Waals surface area contributed by atoms with Crippen LogP contribution < -0.4 is 0 Å². The van der Waals surface area contributed by atoms with Gasteiger partial charge in [0.15, 0.2) is 17.5 Å². The van der Waals surface area contributed by atoms with Gasteiger partial charge in [-0.15, -0.1) is 0 Å². The van der Waals surface area contributed by atoms with Crippen molar-refractivity contribution in [1.82, 2.24) is 15.0 Å². The Morgan fingerprint density at radius 1 is 0.356 bits per heavy atom. The number of furan rings is 1. The molecule has 0 fully saturated rings. The molecule has 0 unspecified atom stereocenters. The average Bonchev–Trinajstić information content (AvgIpc) is 3.50. The van der Waals surface area contributed by atoms with Crippen molar-refractivity contribution in [2.24, 2.45) is 0 Å². The number of para-hydroxylation sites is 1. The summed E-state index contributed by atoms with van der Waals surface area (Å²) >= 11 is 0. The first-order valence-corrected chi connectivity index (χ1v) is 15.0. The van der Waals surface area contributed by atoms with E-state index in [4.69, 9.17) is 19.4 Å². The summed E-state index contributed by atoms with van der Waals surface area (Å²) in [6, 6.07) is 52.1. The summed E-state index contributed by atoms with van der Waals surface area (Å²) in [6.07, 6.45) is 0. The molecule has 0 N–H and O–H groups in total. The van der Waals surface area contributed by atoms with Crippen LogP contribution in [0, 0.1) is 0 Å². The summed E-state index contributed by atoms with van der Waals surface area (Å²) in [4.78, 5) is 15.2. The Morgan fingerprint density at radius 2 is 0.978 bits per heavy atom. The van der Waals surface area contributed by atoms with Crippen molar-refractivity contribution in [2.75, 3.05) is 0 Å². The van der Waals surface area contributed by atoms with Crippen molar-refractivity contribution in [2.45, 2.75) is 0 Å². The van der Waals surface area contributed by atoms with Gasteiger partial charge in [-0.25, -0.2) is 15.0 Å². The number of hydrogen-bond acceptors (Lipinski definition) is 4. The minimum absolute atomic E-state index is 0.617. The van der Waals surface area contributed by atoms with Gasteiger partial charge in [0.25, 0.3) is 0 Å². The number of nitrogens with zero attached hydrogens (tertiary/aromatic N) is 3. The van der Waals surface area contributed by atoms with Gasteiger partial charge >= 0.3 is 0 Å². The topological polar surface area (TPSA) is 51.8 Å². The van der Waals surface area contributed by atoms with E-state index in [1.807, 2.05) is 48.5 Å². The highest BCUT2D eigenvalue weighted by Crippen LogP contribution is 2.38. The van der Waals surface area contributed by atoms with Crippen LogP contribution in [0.5, 0.6) is 0 Å². The normalized spacial score (nSPS) is 11.6. The number of fused-ring (bicyclic) bond motifs is 6. The van der Waals surface area contributed by atoms with Gasteiger partial charge in [0.2, 0.25) is 0 Å². The lowest BCUT2D eigenvalue weighted by Crippen LogP contribution is -2.00. The van der Waals surface area contributed by atoms with E-state index in [9.17, 15) is 0 Å². The molecule has 0 saturated carbocycles. The Bertz CT molecular complexity index is 2540. The lowest BCUT2D eigenvalue weighted by molar-refractivity contribution is 0.670. The SMILES string of the molecule is c1ccc(-c2nc(-c3ccc4oc5c(-c6ccccc6)cccc5c4c3)nc(-c3cc4ccccc4c4ccccc34)n2)cc1.